The highest BCUT2D eigenvalue weighted by atomic mass is 16.6. The minimum absolute atomic E-state index is 0.121. The third-order valence-corrected chi connectivity index (χ3v) is 3.40. The second-order valence-corrected chi connectivity index (χ2v) is 4.72. The number of nitrogens with zero attached hydrogens (tertiary/aromatic N) is 1. The molecule has 0 saturated heterocycles. The van der Waals surface area contributed by atoms with Gasteiger partial charge in [-0.2, -0.15) is 0 Å². The van der Waals surface area contributed by atoms with E-state index in [0.29, 0.717) is 5.56 Å². The van der Waals surface area contributed by atoms with Crippen LogP contribution < -0.4 is 0 Å². The number of para-hydroxylation sites is 1. The van der Waals surface area contributed by atoms with E-state index in [9.17, 15) is 10.1 Å². The molecule has 3 heteroatoms. The van der Waals surface area contributed by atoms with Gasteiger partial charge in [0.1, 0.15) is 0 Å². The maximum Gasteiger partial charge on any atom is 0.276 e. The van der Waals surface area contributed by atoms with E-state index in [1.807, 2.05) is 30.3 Å². The van der Waals surface area contributed by atoms with Crippen LogP contribution in [0.5, 0.6) is 0 Å². The summed E-state index contributed by atoms with van der Waals surface area (Å²) in [5.41, 5.74) is 4.07. The molecule has 0 amide bonds. The van der Waals surface area contributed by atoms with Crippen molar-refractivity contribution in [2.45, 2.75) is 0 Å². The lowest BCUT2D eigenvalue weighted by Gasteiger charge is -1.98. The maximum absolute atomic E-state index is 11.0. The van der Waals surface area contributed by atoms with Crippen LogP contribution in [0.15, 0.2) is 66.7 Å². The molecule has 1 aromatic rings. The van der Waals surface area contributed by atoms with E-state index in [1.54, 1.807) is 24.3 Å². The highest BCUT2D eigenvalue weighted by molar-refractivity contribution is 5.84. The van der Waals surface area contributed by atoms with Crippen molar-refractivity contribution in [3.63, 3.8) is 0 Å². The second-order valence-electron chi connectivity index (χ2n) is 4.72. The first kappa shape index (κ1) is 13.1. The molecule has 102 valence electrons. The van der Waals surface area contributed by atoms with Crippen LogP contribution in [-0.4, -0.2) is 4.92 Å². The van der Waals surface area contributed by atoms with E-state index >= 15 is 0 Å². The molecule has 2 aliphatic carbocycles. The van der Waals surface area contributed by atoms with Gasteiger partial charge in [-0.1, -0.05) is 60.7 Å². The summed E-state index contributed by atoms with van der Waals surface area (Å²) in [6.07, 6.45) is 3.71. The molecule has 0 radical (unpaired) electrons. The van der Waals surface area contributed by atoms with E-state index < -0.39 is 0 Å². The normalized spacial score (nSPS) is 11.0. The second kappa shape index (κ2) is 5.59. The molecule has 0 aliphatic heterocycles. The van der Waals surface area contributed by atoms with Crippen molar-refractivity contribution in [1.29, 1.82) is 0 Å². The minimum Gasteiger partial charge on any atom is -0.258 e. The van der Waals surface area contributed by atoms with Gasteiger partial charge in [0, 0.05) is 6.07 Å². The van der Waals surface area contributed by atoms with Gasteiger partial charge >= 0.3 is 0 Å². The summed E-state index contributed by atoms with van der Waals surface area (Å²) in [7, 11) is 0. The fourth-order valence-corrected chi connectivity index (χ4v) is 2.36. The minimum atomic E-state index is -0.358. The summed E-state index contributed by atoms with van der Waals surface area (Å²) in [4.78, 5) is 10.7. The topological polar surface area (TPSA) is 43.1 Å². The summed E-state index contributed by atoms with van der Waals surface area (Å²) in [6, 6.07) is 20.9. The molecule has 2 aliphatic rings. The molecule has 0 aromatic heterocycles. The number of hydrogen-bond acceptors (Lipinski definition) is 2. The molecule has 0 atom stereocenters. The predicted octanol–water partition coefficient (Wildman–Crippen LogP) is 4.87. The number of rotatable bonds is 3. The quantitative estimate of drug-likeness (QED) is 0.505. The Morgan fingerprint density at radius 1 is 0.762 bits per heavy atom. The Hall–Kier alpha value is -2.94. The SMILES string of the molecule is O=[N+]([O-])c1ccccc1C=Cc1ccc2cccccc1-2. The lowest BCUT2D eigenvalue weighted by molar-refractivity contribution is -0.385. The van der Waals surface area contributed by atoms with Gasteiger partial charge in [0.2, 0.25) is 0 Å². The first-order valence-corrected chi connectivity index (χ1v) is 6.65. The Morgan fingerprint density at radius 2 is 1.48 bits per heavy atom. The van der Waals surface area contributed by atoms with E-state index in [0.717, 1.165) is 16.7 Å². The Bertz CT molecular complexity index is 793. The molecule has 0 N–H and O–H groups in total. The Kier molecular flexibility index (Phi) is 3.48. The summed E-state index contributed by atoms with van der Waals surface area (Å²) >= 11 is 0. The fraction of sp³-hybridized carbons (Fsp3) is 0. The first-order chi connectivity index (χ1) is 10.3. The molecule has 3 nitrogen and oxygen atoms in total. The fourth-order valence-electron chi connectivity index (χ4n) is 2.36. The molecule has 0 spiro atoms. The van der Waals surface area contributed by atoms with Crippen LogP contribution in [-0.2, 0) is 0 Å². The standard InChI is InChI=1S/C18H13NO2/c20-19(21)18-9-5-4-7-16(18)13-12-15-11-10-14-6-2-1-3-8-17(14)15/h1-13H. The third-order valence-electron chi connectivity index (χ3n) is 3.40. The largest absolute Gasteiger partial charge is 0.276 e. The smallest absolute Gasteiger partial charge is 0.258 e. The van der Waals surface area contributed by atoms with Crippen molar-refractivity contribution in [3.05, 3.63) is 88.0 Å². The van der Waals surface area contributed by atoms with Crippen LogP contribution in [0.25, 0.3) is 23.3 Å². The Labute approximate surface area is 122 Å². The zero-order valence-electron chi connectivity index (χ0n) is 11.3. The molecule has 1 aromatic carbocycles. The molecular weight excluding hydrogens is 262 g/mol. The van der Waals surface area contributed by atoms with Gasteiger partial charge in [-0.15, -0.1) is 0 Å². The molecule has 21 heavy (non-hydrogen) atoms. The van der Waals surface area contributed by atoms with Gasteiger partial charge < -0.3 is 0 Å². The van der Waals surface area contributed by atoms with Gasteiger partial charge in [-0.05, 0) is 28.8 Å². The molecule has 3 rings (SSSR count). The summed E-state index contributed by atoms with van der Waals surface area (Å²) in [5, 5.41) is 11.0. The predicted molar refractivity (Wildman–Crippen MR) is 85.1 cm³/mol. The van der Waals surface area contributed by atoms with Gasteiger partial charge in [-0.25, -0.2) is 0 Å². The number of nitro groups is 1. The zero-order valence-corrected chi connectivity index (χ0v) is 11.3. The van der Waals surface area contributed by atoms with Gasteiger partial charge in [0.15, 0.2) is 0 Å². The molecule has 0 saturated carbocycles. The highest BCUT2D eigenvalue weighted by Gasteiger charge is 2.10. The van der Waals surface area contributed by atoms with Crippen molar-refractivity contribution < 1.29 is 4.92 Å². The van der Waals surface area contributed by atoms with Crippen LogP contribution in [0.3, 0.4) is 0 Å². The summed E-state index contributed by atoms with van der Waals surface area (Å²) in [6.45, 7) is 0. The van der Waals surface area contributed by atoms with Crippen LogP contribution in [0.1, 0.15) is 11.1 Å². The molecule has 0 unspecified atom stereocenters. The van der Waals surface area contributed by atoms with Crippen molar-refractivity contribution in [3.8, 4) is 11.1 Å². The molecule has 0 heterocycles. The number of hydrogen-bond donors (Lipinski definition) is 0. The van der Waals surface area contributed by atoms with E-state index in [4.69, 9.17) is 0 Å². The van der Waals surface area contributed by atoms with Gasteiger partial charge in [-0.3, -0.25) is 10.1 Å². The van der Waals surface area contributed by atoms with Crippen molar-refractivity contribution in [2.24, 2.45) is 0 Å². The van der Waals surface area contributed by atoms with Crippen LogP contribution in [0.4, 0.5) is 5.69 Å². The number of benzene rings is 1. The van der Waals surface area contributed by atoms with Crippen molar-refractivity contribution >= 4 is 17.8 Å². The molecular formula is C18H13NO2. The van der Waals surface area contributed by atoms with E-state index in [2.05, 4.69) is 18.2 Å². The molecule has 0 bridgehead atoms. The zero-order chi connectivity index (χ0) is 14.7. The maximum atomic E-state index is 11.0. The van der Waals surface area contributed by atoms with E-state index in [-0.39, 0.29) is 10.6 Å². The van der Waals surface area contributed by atoms with Crippen molar-refractivity contribution in [1.82, 2.24) is 0 Å². The number of fused-ring (bicyclic) bond motifs is 1. The van der Waals surface area contributed by atoms with Crippen LogP contribution in [0.2, 0.25) is 0 Å². The van der Waals surface area contributed by atoms with Crippen LogP contribution >= 0.6 is 0 Å². The monoisotopic (exact) mass is 275 g/mol. The number of nitro benzene ring substituents is 1. The summed E-state index contributed by atoms with van der Waals surface area (Å²) < 4.78 is 0. The Morgan fingerprint density at radius 3 is 2.33 bits per heavy atom. The average Bonchev–Trinajstić information content (AvgIpc) is 2.72. The summed E-state index contributed by atoms with van der Waals surface area (Å²) in [5.74, 6) is 0. The lowest BCUT2D eigenvalue weighted by Crippen LogP contribution is -1.90. The average molecular weight is 275 g/mol. The van der Waals surface area contributed by atoms with Gasteiger partial charge in [0.25, 0.3) is 5.69 Å². The third kappa shape index (κ3) is 2.67. The highest BCUT2D eigenvalue weighted by Crippen LogP contribution is 2.29. The first-order valence-electron chi connectivity index (χ1n) is 6.65. The van der Waals surface area contributed by atoms with E-state index in [1.165, 1.54) is 6.07 Å². The molecule has 0 fully saturated rings. The lowest BCUT2D eigenvalue weighted by atomic mass is 10.1. The van der Waals surface area contributed by atoms with Gasteiger partial charge in [0.05, 0.1) is 10.5 Å². The Balaban J connectivity index is 1.99. The van der Waals surface area contributed by atoms with Crippen molar-refractivity contribution in [2.75, 3.05) is 0 Å². The van der Waals surface area contributed by atoms with Crippen LogP contribution in [0, 0.1) is 10.1 Å².